The van der Waals surface area contributed by atoms with E-state index in [1.807, 2.05) is 6.92 Å². The van der Waals surface area contributed by atoms with Gasteiger partial charge in [-0.3, -0.25) is 4.79 Å². The molecule has 1 saturated heterocycles. The summed E-state index contributed by atoms with van der Waals surface area (Å²) in [6.07, 6.45) is 0.411. The first-order chi connectivity index (χ1) is 6.24. The second-order valence-electron chi connectivity index (χ2n) is 2.81. The smallest absolute Gasteiger partial charge is 0.430 e. The Kier molecular flexibility index (Phi) is 3.54. The number of unbranched alkanes of at least 4 members (excludes halogenated alkanes) is 1. The number of ether oxygens (including phenoxy) is 2. The van der Waals surface area contributed by atoms with Crippen LogP contribution in [0, 0.1) is 0 Å². The topological polar surface area (TPSA) is 64.6 Å². The molecule has 0 saturated carbocycles. The Balaban J connectivity index is 2.20. The zero-order valence-electron chi connectivity index (χ0n) is 7.54. The van der Waals surface area contributed by atoms with Crippen LogP contribution in [0.3, 0.4) is 0 Å². The Morgan fingerprint density at radius 1 is 1.69 bits per heavy atom. The summed E-state index contributed by atoms with van der Waals surface area (Å²) in [5, 5.41) is 2.65. The van der Waals surface area contributed by atoms with E-state index >= 15 is 0 Å². The van der Waals surface area contributed by atoms with Crippen LogP contribution in [-0.4, -0.2) is 31.3 Å². The molecule has 1 heterocycles. The fourth-order valence-corrected chi connectivity index (χ4v) is 0.959. The number of nitrogens with one attached hydrogen (secondary N) is 1. The van der Waals surface area contributed by atoms with E-state index in [4.69, 9.17) is 0 Å². The lowest BCUT2D eigenvalue weighted by atomic mass is 10.3. The highest BCUT2D eigenvalue weighted by atomic mass is 16.8. The maximum atomic E-state index is 11.2. The second kappa shape index (κ2) is 4.69. The molecule has 0 aromatic carbocycles. The van der Waals surface area contributed by atoms with Crippen molar-refractivity contribution in [3.05, 3.63) is 0 Å². The van der Waals surface area contributed by atoms with Gasteiger partial charge in [0.2, 0.25) is 6.10 Å². The summed E-state index contributed by atoms with van der Waals surface area (Å²) in [7, 11) is 0. The first kappa shape index (κ1) is 9.83. The molecule has 5 nitrogen and oxygen atoms in total. The van der Waals surface area contributed by atoms with E-state index in [1.165, 1.54) is 0 Å². The zero-order chi connectivity index (χ0) is 9.68. The molecule has 0 spiro atoms. The van der Waals surface area contributed by atoms with Gasteiger partial charge in [0, 0.05) is 6.54 Å². The molecular formula is C8H13NO4. The largest absolute Gasteiger partial charge is 0.509 e. The van der Waals surface area contributed by atoms with Crippen molar-refractivity contribution in [2.75, 3.05) is 13.2 Å². The Morgan fingerprint density at radius 3 is 3.00 bits per heavy atom. The summed E-state index contributed by atoms with van der Waals surface area (Å²) < 4.78 is 9.05. The van der Waals surface area contributed by atoms with Crippen LogP contribution in [0.25, 0.3) is 0 Å². The highest BCUT2D eigenvalue weighted by Gasteiger charge is 2.30. The molecule has 0 bridgehead atoms. The monoisotopic (exact) mass is 187 g/mol. The fraction of sp³-hybridized carbons (Fsp3) is 0.750. The van der Waals surface area contributed by atoms with Crippen molar-refractivity contribution in [3.63, 3.8) is 0 Å². The third-order valence-corrected chi connectivity index (χ3v) is 1.71. The SMILES string of the molecule is CCCCNC(=O)[C@@H]1COC(=O)O1. The molecule has 0 aliphatic carbocycles. The van der Waals surface area contributed by atoms with E-state index in [2.05, 4.69) is 14.8 Å². The van der Waals surface area contributed by atoms with Gasteiger partial charge in [0.1, 0.15) is 6.61 Å². The number of carbonyl (C=O) groups is 2. The zero-order valence-corrected chi connectivity index (χ0v) is 7.54. The van der Waals surface area contributed by atoms with Crippen LogP contribution in [0.15, 0.2) is 0 Å². The molecule has 1 aliphatic rings. The molecule has 5 heteroatoms. The number of cyclic esters (lactones) is 2. The first-order valence-corrected chi connectivity index (χ1v) is 4.35. The van der Waals surface area contributed by atoms with Gasteiger partial charge in [-0.25, -0.2) is 4.79 Å². The van der Waals surface area contributed by atoms with E-state index in [1.54, 1.807) is 0 Å². The first-order valence-electron chi connectivity index (χ1n) is 4.35. The van der Waals surface area contributed by atoms with Crippen molar-refractivity contribution in [2.45, 2.75) is 25.9 Å². The normalized spacial score (nSPS) is 20.7. The van der Waals surface area contributed by atoms with E-state index < -0.39 is 12.3 Å². The molecular weight excluding hydrogens is 174 g/mol. The maximum Gasteiger partial charge on any atom is 0.509 e. The number of rotatable bonds is 4. The van der Waals surface area contributed by atoms with Crippen LogP contribution in [0.5, 0.6) is 0 Å². The van der Waals surface area contributed by atoms with Crippen LogP contribution < -0.4 is 5.32 Å². The van der Waals surface area contributed by atoms with Gasteiger partial charge < -0.3 is 14.8 Å². The molecule has 0 radical (unpaired) electrons. The lowest BCUT2D eigenvalue weighted by Crippen LogP contribution is -2.36. The van der Waals surface area contributed by atoms with Gasteiger partial charge in [0.15, 0.2) is 0 Å². The number of hydrogen-bond acceptors (Lipinski definition) is 4. The van der Waals surface area contributed by atoms with E-state index in [9.17, 15) is 9.59 Å². The quantitative estimate of drug-likeness (QED) is 0.512. The molecule has 0 aromatic rings. The second-order valence-corrected chi connectivity index (χ2v) is 2.81. The number of carbonyl (C=O) groups excluding carboxylic acids is 2. The van der Waals surface area contributed by atoms with Gasteiger partial charge in [-0.05, 0) is 6.42 Å². The Bertz CT molecular complexity index is 204. The molecule has 1 atom stereocenters. The van der Waals surface area contributed by atoms with E-state index in [-0.39, 0.29) is 12.5 Å². The average Bonchev–Trinajstić information content (AvgIpc) is 2.52. The highest BCUT2D eigenvalue weighted by molar-refractivity contribution is 5.84. The van der Waals surface area contributed by atoms with Gasteiger partial charge >= 0.3 is 6.16 Å². The van der Waals surface area contributed by atoms with Crippen molar-refractivity contribution >= 4 is 12.1 Å². The molecule has 1 amide bonds. The Morgan fingerprint density at radius 2 is 2.46 bits per heavy atom. The van der Waals surface area contributed by atoms with Crippen molar-refractivity contribution in [1.29, 1.82) is 0 Å². The van der Waals surface area contributed by atoms with Crippen molar-refractivity contribution < 1.29 is 19.1 Å². The molecule has 0 unspecified atom stereocenters. The van der Waals surface area contributed by atoms with Crippen molar-refractivity contribution in [2.24, 2.45) is 0 Å². The average molecular weight is 187 g/mol. The Labute approximate surface area is 76.4 Å². The summed E-state index contributed by atoms with van der Waals surface area (Å²) in [5.74, 6) is -0.278. The maximum absolute atomic E-state index is 11.2. The standard InChI is InChI=1S/C8H13NO4/c1-2-3-4-9-7(10)6-5-12-8(11)13-6/h6H,2-5H2,1H3,(H,9,10)/t6-/m0/s1. The van der Waals surface area contributed by atoms with Crippen LogP contribution in [-0.2, 0) is 14.3 Å². The van der Waals surface area contributed by atoms with Crippen LogP contribution >= 0.6 is 0 Å². The van der Waals surface area contributed by atoms with Gasteiger partial charge in [0.05, 0.1) is 0 Å². The van der Waals surface area contributed by atoms with Gasteiger partial charge in [0.25, 0.3) is 5.91 Å². The molecule has 13 heavy (non-hydrogen) atoms. The van der Waals surface area contributed by atoms with Gasteiger partial charge in [-0.2, -0.15) is 0 Å². The molecule has 1 rings (SSSR count). The molecule has 74 valence electrons. The summed E-state index contributed by atoms with van der Waals surface area (Å²) in [6.45, 7) is 2.67. The summed E-state index contributed by atoms with van der Waals surface area (Å²) in [6, 6.07) is 0. The summed E-state index contributed by atoms with van der Waals surface area (Å²) >= 11 is 0. The van der Waals surface area contributed by atoms with E-state index in [0.29, 0.717) is 6.54 Å². The van der Waals surface area contributed by atoms with Gasteiger partial charge in [-0.15, -0.1) is 0 Å². The molecule has 0 aromatic heterocycles. The van der Waals surface area contributed by atoms with Crippen molar-refractivity contribution in [3.8, 4) is 0 Å². The predicted octanol–water partition coefficient (Wildman–Crippen LogP) is 0.438. The van der Waals surface area contributed by atoms with Gasteiger partial charge in [-0.1, -0.05) is 13.3 Å². The molecule has 1 aliphatic heterocycles. The van der Waals surface area contributed by atoms with Crippen LogP contribution in [0.4, 0.5) is 4.79 Å². The third kappa shape index (κ3) is 2.93. The lowest BCUT2D eigenvalue weighted by molar-refractivity contribution is -0.127. The van der Waals surface area contributed by atoms with Crippen LogP contribution in [0.1, 0.15) is 19.8 Å². The highest BCUT2D eigenvalue weighted by Crippen LogP contribution is 2.05. The minimum Gasteiger partial charge on any atom is -0.430 e. The fourth-order valence-electron chi connectivity index (χ4n) is 0.959. The van der Waals surface area contributed by atoms with Crippen LogP contribution in [0.2, 0.25) is 0 Å². The number of amides is 1. The minimum atomic E-state index is -0.768. The molecule has 1 N–H and O–H groups in total. The predicted molar refractivity (Wildman–Crippen MR) is 44.1 cm³/mol. The Hall–Kier alpha value is -1.26. The number of hydrogen-bond donors (Lipinski definition) is 1. The third-order valence-electron chi connectivity index (χ3n) is 1.71. The van der Waals surface area contributed by atoms with E-state index in [0.717, 1.165) is 12.8 Å². The lowest BCUT2D eigenvalue weighted by Gasteiger charge is -2.06. The molecule has 1 fully saturated rings. The van der Waals surface area contributed by atoms with Crippen molar-refractivity contribution in [1.82, 2.24) is 5.32 Å². The summed E-state index contributed by atoms with van der Waals surface area (Å²) in [4.78, 5) is 21.7. The minimum absolute atomic E-state index is 0.0246. The summed E-state index contributed by atoms with van der Waals surface area (Å²) in [5.41, 5.74) is 0.